The number of benzene rings is 1. The molecule has 0 unspecified atom stereocenters. The molecule has 2 rings (SSSR count). The van der Waals surface area contributed by atoms with Gasteiger partial charge in [0.1, 0.15) is 11.5 Å². The largest absolute Gasteiger partial charge is 0.385 e. The predicted molar refractivity (Wildman–Crippen MR) is 81.0 cm³/mol. The Morgan fingerprint density at radius 1 is 1.41 bits per heavy atom. The van der Waals surface area contributed by atoms with Crippen molar-refractivity contribution in [2.75, 3.05) is 20.3 Å². The van der Waals surface area contributed by atoms with Crippen LogP contribution in [0.4, 0.5) is 4.39 Å². The summed E-state index contributed by atoms with van der Waals surface area (Å²) >= 11 is 0. The lowest BCUT2D eigenvalue weighted by atomic mass is 10.2. The van der Waals surface area contributed by atoms with Crippen molar-refractivity contribution in [3.8, 4) is 0 Å². The third-order valence-electron chi connectivity index (χ3n) is 3.31. The van der Waals surface area contributed by atoms with E-state index >= 15 is 0 Å². The number of H-pyrrole nitrogens is 1. The Balaban J connectivity index is 2.15. The molecule has 2 aromatic rings. The molecule has 5 nitrogen and oxygen atoms in total. The lowest BCUT2D eigenvalue weighted by molar-refractivity contribution is 0.0716. The summed E-state index contributed by atoms with van der Waals surface area (Å²) in [5, 5.41) is 6.74. The van der Waals surface area contributed by atoms with Crippen molar-refractivity contribution >= 4 is 5.91 Å². The second kappa shape index (κ2) is 7.70. The van der Waals surface area contributed by atoms with Crippen LogP contribution in [0.5, 0.6) is 0 Å². The summed E-state index contributed by atoms with van der Waals surface area (Å²) in [6.45, 7) is 3.06. The number of aromatic nitrogens is 2. The predicted octanol–water partition coefficient (Wildman–Crippen LogP) is 2.54. The maximum Gasteiger partial charge on any atom is 0.274 e. The van der Waals surface area contributed by atoms with Gasteiger partial charge >= 0.3 is 0 Å². The number of methoxy groups -OCH3 is 1. The highest BCUT2D eigenvalue weighted by Crippen LogP contribution is 2.13. The van der Waals surface area contributed by atoms with Crippen LogP contribution in [0.25, 0.3) is 0 Å². The van der Waals surface area contributed by atoms with Gasteiger partial charge in [0.05, 0.1) is 0 Å². The van der Waals surface area contributed by atoms with E-state index in [9.17, 15) is 9.18 Å². The molecule has 1 aromatic heterocycles. The number of halogens is 1. The van der Waals surface area contributed by atoms with E-state index in [1.165, 1.54) is 6.07 Å². The number of nitrogens with zero attached hydrogens (tertiary/aromatic N) is 2. The Morgan fingerprint density at radius 3 is 2.82 bits per heavy atom. The standard InChI is InChI=1S/C16H20FN3O2/c1-12-10-15(19-18-12)16(21)20(8-5-9-22-2)11-13-6-3-4-7-14(13)17/h3-4,6-7,10H,5,8-9,11H2,1-2H3,(H,18,19). The van der Waals surface area contributed by atoms with E-state index < -0.39 is 0 Å². The number of carbonyl (C=O) groups is 1. The van der Waals surface area contributed by atoms with Gasteiger partial charge in [-0.25, -0.2) is 4.39 Å². The first-order valence-electron chi connectivity index (χ1n) is 7.15. The fourth-order valence-corrected chi connectivity index (χ4v) is 2.17. The molecule has 0 fully saturated rings. The average Bonchev–Trinajstić information content (AvgIpc) is 2.94. The molecule has 0 aliphatic carbocycles. The van der Waals surface area contributed by atoms with Crippen molar-refractivity contribution in [3.05, 3.63) is 53.1 Å². The van der Waals surface area contributed by atoms with E-state index in [0.29, 0.717) is 30.8 Å². The molecule has 6 heteroatoms. The molecule has 0 spiro atoms. The summed E-state index contributed by atoms with van der Waals surface area (Å²) in [7, 11) is 1.61. The molecular weight excluding hydrogens is 285 g/mol. The normalized spacial score (nSPS) is 10.7. The molecular formula is C16H20FN3O2. The number of nitrogens with one attached hydrogen (secondary N) is 1. The number of carbonyl (C=O) groups excluding carboxylic acids is 1. The second-order valence-corrected chi connectivity index (χ2v) is 5.10. The number of amides is 1. The summed E-state index contributed by atoms with van der Waals surface area (Å²) in [5.74, 6) is -0.533. The van der Waals surface area contributed by atoms with E-state index in [1.54, 1.807) is 36.3 Å². The van der Waals surface area contributed by atoms with Crippen LogP contribution in [0.3, 0.4) is 0 Å². The summed E-state index contributed by atoms with van der Waals surface area (Å²) in [6, 6.07) is 8.16. The zero-order valence-electron chi connectivity index (χ0n) is 12.8. The highest BCUT2D eigenvalue weighted by molar-refractivity contribution is 5.92. The van der Waals surface area contributed by atoms with Gasteiger partial charge in [0.25, 0.3) is 5.91 Å². The molecule has 22 heavy (non-hydrogen) atoms. The summed E-state index contributed by atoms with van der Waals surface area (Å²) in [5.41, 5.74) is 1.64. The summed E-state index contributed by atoms with van der Waals surface area (Å²) < 4.78 is 18.8. The average molecular weight is 305 g/mol. The SMILES string of the molecule is COCCCN(Cc1ccccc1F)C(=O)c1cc(C)[nH]n1. The molecule has 1 N–H and O–H groups in total. The zero-order valence-corrected chi connectivity index (χ0v) is 12.8. The van der Waals surface area contributed by atoms with E-state index in [1.807, 2.05) is 6.92 Å². The maximum absolute atomic E-state index is 13.8. The third kappa shape index (κ3) is 4.14. The van der Waals surface area contributed by atoms with Crippen molar-refractivity contribution in [2.45, 2.75) is 19.9 Å². The van der Waals surface area contributed by atoms with Crippen LogP contribution in [0.1, 0.15) is 28.2 Å². The molecule has 0 aliphatic rings. The first kappa shape index (κ1) is 16.2. The number of rotatable bonds is 7. The maximum atomic E-state index is 13.8. The minimum absolute atomic E-state index is 0.209. The van der Waals surface area contributed by atoms with Gasteiger partial charge in [-0.1, -0.05) is 18.2 Å². The number of aromatic amines is 1. The van der Waals surface area contributed by atoms with Crippen molar-refractivity contribution in [1.82, 2.24) is 15.1 Å². The lowest BCUT2D eigenvalue weighted by Crippen LogP contribution is -2.32. The van der Waals surface area contributed by atoms with E-state index in [4.69, 9.17) is 4.74 Å². The quantitative estimate of drug-likeness (QED) is 0.800. The fraction of sp³-hybridized carbons (Fsp3) is 0.375. The Hall–Kier alpha value is -2.21. The lowest BCUT2D eigenvalue weighted by Gasteiger charge is -2.22. The van der Waals surface area contributed by atoms with Crippen LogP contribution < -0.4 is 0 Å². The first-order valence-corrected chi connectivity index (χ1v) is 7.15. The second-order valence-electron chi connectivity index (χ2n) is 5.10. The molecule has 118 valence electrons. The van der Waals surface area contributed by atoms with E-state index in [0.717, 1.165) is 5.69 Å². The van der Waals surface area contributed by atoms with Crippen LogP contribution in [-0.4, -0.2) is 41.3 Å². The number of aryl methyl sites for hydroxylation is 1. The van der Waals surface area contributed by atoms with E-state index in [-0.39, 0.29) is 18.3 Å². The topological polar surface area (TPSA) is 58.2 Å². The number of ether oxygens (including phenoxy) is 1. The van der Waals surface area contributed by atoms with Gasteiger partial charge in [-0.3, -0.25) is 9.89 Å². The van der Waals surface area contributed by atoms with Crippen molar-refractivity contribution in [1.29, 1.82) is 0 Å². The van der Waals surface area contributed by atoms with Crippen molar-refractivity contribution in [2.24, 2.45) is 0 Å². The molecule has 1 aromatic carbocycles. The summed E-state index contributed by atoms with van der Waals surface area (Å²) in [6.07, 6.45) is 0.681. The van der Waals surface area contributed by atoms with Gasteiger partial charge in [0.15, 0.2) is 0 Å². The van der Waals surface area contributed by atoms with Crippen LogP contribution >= 0.6 is 0 Å². The molecule has 0 saturated heterocycles. The molecule has 0 atom stereocenters. The molecule has 0 radical (unpaired) electrons. The highest BCUT2D eigenvalue weighted by Gasteiger charge is 2.19. The Bertz CT molecular complexity index is 627. The van der Waals surface area contributed by atoms with Crippen molar-refractivity contribution in [3.63, 3.8) is 0 Å². The fourth-order valence-electron chi connectivity index (χ4n) is 2.17. The minimum atomic E-state index is -0.315. The Morgan fingerprint density at radius 2 is 2.18 bits per heavy atom. The molecule has 0 aliphatic heterocycles. The number of hydrogen-bond donors (Lipinski definition) is 1. The van der Waals surface area contributed by atoms with Gasteiger partial charge in [0.2, 0.25) is 0 Å². The van der Waals surface area contributed by atoms with Crippen LogP contribution in [-0.2, 0) is 11.3 Å². The van der Waals surface area contributed by atoms with Gasteiger partial charge < -0.3 is 9.64 Å². The Labute approximate surface area is 129 Å². The molecule has 1 amide bonds. The van der Waals surface area contributed by atoms with Gasteiger partial charge in [-0.2, -0.15) is 5.10 Å². The Kier molecular flexibility index (Phi) is 5.66. The van der Waals surface area contributed by atoms with Gasteiger partial charge in [-0.05, 0) is 25.5 Å². The van der Waals surface area contributed by atoms with Gasteiger partial charge in [-0.15, -0.1) is 0 Å². The smallest absolute Gasteiger partial charge is 0.274 e. The zero-order chi connectivity index (χ0) is 15.9. The van der Waals surface area contributed by atoms with Gasteiger partial charge in [0, 0.05) is 38.1 Å². The van der Waals surface area contributed by atoms with Crippen LogP contribution in [0.2, 0.25) is 0 Å². The van der Waals surface area contributed by atoms with Crippen molar-refractivity contribution < 1.29 is 13.9 Å². The molecule has 1 heterocycles. The molecule has 0 bridgehead atoms. The highest BCUT2D eigenvalue weighted by atomic mass is 19.1. The van der Waals surface area contributed by atoms with E-state index in [2.05, 4.69) is 10.2 Å². The third-order valence-corrected chi connectivity index (χ3v) is 3.31. The van der Waals surface area contributed by atoms with Crippen LogP contribution in [0.15, 0.2) is 30.3 Å². The monoisotopic (exact) mass is 305 g/mol. The first-order chi connectivity index (χ1) is 10.6. The number of hydrogen-bond acceptors (Lipinski definition) is 3. The molecule has 0 saturated carbocycles. The summed E-state index contributed by atoms with van der Waals surface area (Å²) in [4.78, 5) is 14.1. The van der Waals surface area contributed by atoms with Crippen LogP contribution in [0, 0.1) is 12.7 Å². The minimum Gasteiger partial charge on any atom is -0.385 e.